The van der Waals surface area contributed by atoms with Gasteiger partial charge < -0.3 is 15.4 Å². The predicted molar refractivity (Wildman–Crippen MR) is 128 cm³/mol. The first kappa shape index (κ1) is 23.6. The van der Waals surface area contributed by atoms with E-state index in [1.807, 2.05) is 54.6 Å². The third-order valence-corrected chi connectivity index (χ3v) is 5.75. The van der Waals surface area contributed by atoms with Crippen LogP contribution in [0.25, 0.3) is 6.08 Å². The van der Waals surface area contributed by atoms with Gasteiger partial charge in [0.25, 0.3) is 5.91 Å². The second-order valence-electron chi connectivity index (χ2n) is 8.33. The van der Waals surface area contributed by atoms with E-state index in [0.717, 1.165) is 24.0 Å². The molecule has 0 aliphatic heterocycles. The number of hydrogen-bond acceptors (Lipinski definition) is 3. The van der Waals surface area contributed by atoms with Crippen LogP contribution in [-0.2, 0) is 11.3 Å². The smallest absolute Gasteiger partial charge is 0.407 e. The van der Waals surface area contributed by atoms with Gasteiger partial charge in [0.15, 0.2) is 0 Å². The molecule has 0 atom stereocenters. The van der Waals surface area contributed by atoms with Gasteiger partial charge in [0.1, 0.15) is 6.61 Å². The highest BCUT2D eigenvalue weighted by molar-refractivity contribution is 5.94. The summed E-state index contributed by atoms with van der Waals surface area (Å²) in [6, 6.07) is 17.3. The first-order chi connectivity index (χ1) is 15.7. The fourth-order valence-corrected chi connectivity index (χ4v) is 3.84. The number of hydrogen-bond donors (Lipinski definition) is 2. The van der Waals surface area contributed by atoms with Gasteiger partial charge in [-0.3, -0.25) is 4.79 Å². The molecule has 0 radical (unpaired) electrons. The van der Waals surface area contributed by atoms with Gasteiger partial charge in [0.2, 0.25) is 0 Å². The van der Waals surface area contributed by atoms with Crippen molar-refractivity contribution in [1.29, 1.82) is 0 Å². The number of amides is 2. The van der Waals surface area contributed by atoms with E-state index in [0.29, 0.717) is 24.6 Å². The van der Waals surface area contributed by atoms with Gasteiger partial charge in [-0.2, -0.15) is 0 Å². The summed E-state index contributed by atoms with van der Waals surface area (Å²) in [7, 11) is 0. The Hall–Kier alpha value is -3.08. The van der Waals surface area contributed by atoms with E-state index >= 15 is 0 Å². The second-order valence-corrected chi connectivity index (χ2v) is 8.33. The fraction of sp³-hybridized carbons (Fsp3) is 0.407. The van der Waals surface area contributed by atoms with Crippen molar-refractivity contribution in [1.82, 2.24) is 10.6 Å². The van der Waals surface area contributed by atoms with Crippen molar-refractivity contribution in [2.45, 2.75) is 51.6 Å². The van der Waals surface area contributed by atoms with E-state index in [-0.39, 0.29) is 12.5 Å². The van der Waals surface area contributed by atoms with Crippen LogP contribution in [-0.4, -0.2) is 25.1 Å². The lowest BCUT2D eigenvalue weighted by molar-refractivity contribution is 0.0952. The molecular formula is C27H34N2O3. The summed E-state index contributed by atoms with van der Waals surface area (Å²) >= 11 is 0. The number of alkyl carbamates (subject to hydrolysis) is 1. The Bertz CT molecular complexity index is 856. The van der Waals surface area contributed by atoms with Gasteiger partial charge >= 0.3 is 6.09 Å². The van der Waals surface area contributed by atoms with Crippen molar-refractivity contribution in [3.8, 4) is 0 Å². The number of rotatable bonds is 10. The minimum atomic E-state index is -0.421. The summed E-state index contributed by atoms with van der Waals surface area (Å²) in [5, 5.41) is 5.67. The molecule has 1 aliphatic carbocycles. The van der Waals surface area contributed by atoms with E-state index in [9.17, 15) is 9.59 Å². The highest BCUT2D eigenvalue weighted by Gasteiger charge is 2.10. The quantitative estimate of drug-likeness (QED) is 0.470. The number of benzene rings is 2. The van der Waals surface area contributed by atoms with Crippen molar-refractivity contribution >= 4 is 18.1 Å². The van der Waals surface area contributed by atoms with E-state index in [2.05, 4.69) is 22.8 Å². The SMILES string of the molecule is O=C(NCCCCNC(=O)c1ccc(C=CC2CCCCC2)cc1)OCc1ccccc1. The fourth-order valence-electron chi connectivity index (χ4n) is 3.84. The van der Waals surface area contributed by atoms with Crippen molar-refractivity contribution in [2.24, 2.45) is 5.92 Å². The van der Waals surface area contributed by atoms with Crippen LogP contribution in [0.3, 0.4) is 0 Å². The van der Waals surface area contributed by atoms with Gasteiger partial charge in [0, 0.05) is 18.7 Å². The van der Waals surface area contributed by atoms with Crippen LogP contribution in [0.2, 0.25) is 0 Å². The predicted octanol–water partition coefficient (Wildman–Crippen LogP) is 5.72. The Labute approximate surface area is 191 Å². The van der Waals surface area contributed by atoms with Gasteiger partial charge in [-0.15, -0.1) is 0 Å². The lowest BCUT2D eigenvalue weighted by Gasteiger charge is -2.17. The standard InChI is InChI=1S/C27H34N2O3/c30-26(25-17-15-23(16-18-25)14-13-22-9-3-1-4-10-22)28-19-7-8-20-29-27(31)32-21-24-11-5-2-6-12-24/h2,5-6,11-18,22H,1,3-4,7-10,19-21H2,(H,28,30)(H,29,31). The van der Waals surface area contributed by atoms with Crippen molar-refractivity contribution in [3.63, 3.8) is 0 Å². The Kier molecular flexibility index (Phi) is 9.84. The molecule has 0 saturated heterocycles. The highest BCUT2D eigenvalue weighted by atomic mass is 16.5. The molecule has 0 aromatic heterocycles. The summed E-state index contributed by atoms with van der Waals surface area (Å²) in [4.78, 5) is 24.0. The van der Waals surface area contributed by atoms with Crippen LogP contribution in [0.1, 0.15) is 66.4 Å². The molecule has 2 amide bonds. The molecule has 1 fully saturated rings. The van der Waals surface area contributed by atoms with Crippen LogP contribution in [0, 0.1) is 5.92 Å². The summed E-state index contributed by atoms with van der Waals surface area (Å²) in [6.45, 7) is 1.35. The maximum atomic E-state index is 12.3. The molecule has 1 aliphatic rings. The Morgan fingerprint density at radius 2 is 1.56 bits per heavy atom. The number of unbranched alkanes of at least 4 members (excludes halogenated alkanes) is 1. The monoisotopic (exact) mass is 434 g/mol. The number of allylic oxidation sites excluding steroid dienone is 1. The highest BCUT2D eigenvalue weighted by Crippen LogP contribution is 2.25. The topological polar surface area (TPSA) is 67.4 Å². The Balaban J connectivity index is 1.26. The molecular weight excluding hydrogens is 400 g/mol. The maximum absolute atomic E-state index is 12.3. The first-order valence-electron chi connectivity index (χ1n) is 11.7. The molecule has 3 rings (SSSR count). The molecule has 2 aromatic carbocycles. The van der Waals surface area contributed by atoms with Gasteiger partial charge in [0.05, 0.1) is 0 Å². The molecule has 170 valence electrons. The molecule has 0 unspecified atom stereocenters. The summed E-state index contributed by atoms with van der Waals surface area (Å²) in [5.74, 6) is 0.634. The molecule has 2 N–H and O–H groups in total. The summed E-state index contributed by atoms with van der Waals surface area (Å²) in [6.07, 6.45) is 12.3. The molecule has 0 heterocycles. The summed E-state index contributed by atoms with van der Waals surface area (Å²) < 4.78 is 5.17. The van der Waals surface area contributed by atoms with Crippen molar-refractivity contribution < 1.29 is 14.3 Å². The van der Waals surface area contributed by atoms with Gasteiger partial charge in [-0.05, 0) is 54.9 Å². The van der Waals surface area contributed by atoms with Crippen LogP contribution in [0.15, 0.2) is 60.7 Å². The molecule has 5 nitrogen and oxygen atoms in total. The number of nitrogens with one attached hydrogen (secondary N) is 2. The molecule has 0 spiro atoms. The normalized spacial score (nSPS) is 14.2. The van der Waals surface area contributed by atoms with Crippen LogP contribution >= 0.6 is 0 Å². The van der Waals surface area contributed by atoms with Crippen molar-refractivity contribution in [3.05, 3.63) is 77.4 Å². The maximum Gasteiger partial charge on any atom is 0.407 e. The zero-order chi connectivity index (χ0) is 22.4. The average Bonchev–Trinajstić information content (AvgIpc) is 2.85. The van der Waals surface area contributed by atoms with E-state index < -0.39 is 6.09 Å². The molecule has 5 heteroatoms. The minimum absolute atomic E-state index is 0.0666. The lowest BCUT2D eigenvalue weighted by Crippen LogP contribution is -2.27. The molecule has 0 bridgehead atoms. The van der Waals surface area contributed by atoms with Crippen molar-refractivity contribution in [2.75, 3.05) is 13.1 Å². The van der Waals surface area contributed by atoms with Crippen LogP contribution in [0.4, 0.5) is 4.79 Å². The number of ether oxygens (including phenoxy) is 1. The number of carbonyl (C=O) groups is 2. The third kappa shape index (κ3) is 8.58. The second kappa shape index (κ2) is 13.4. The van der Waals surface area contributed by atoms with Gasteiger partial charge in [-0.1, -0.05) is 73.9 Å². The van der Waals surface area contributed by atoms with E-state index in [4.69, 9.17) is 4.74 Å². The first-order valence-corrected chi connectivity index (χ1v) is 11.7. The van der Waals surface area contributed by atoms with Gasteiger partial charge in [-0.25, -0.2) is 4.79 Å². The zero-order valence-corrected chi connectivity index (χ0v) is 18.7. The zero-order valence-electron chi connectivity index (χ0n) is 18.7. The minimum Gasteiger partial charge on any atom is -0.445 e. The van der Waals surface area contributed by atoms with E-state index in [1.165, 1.54) is 32.1 Å². The van der Waals surface area contributed by atoms with Crippen LogP contribution < -0.4 is 10.6 Å². The lowest BCUT2D eigenvalue weighted by atomic mass is 9.89. The Morgan fingerprint density at radius 1 is 0.875 bits per heavy atom. The average molecular weight is 435 g/mol. The van der Waals surface area contributed by atoms with Crippen LogP contribution in [0.5, 0.6) is 0 Å². The molecule has 32 heavy (non-hydrogen) atoms. The molecule has 1 saturated carbocycles. The number of carbonyl (C=O) groups excluding carboxylic acids is 2. The Morgan fingerprint density at radius 3 is 2.28 bits per heavy atom. The van der Waals surface area contributed by atoms with E-state index in [1.54, 1.807) is 0 Å². The third-order valence-electron chi connectivity index (χ3n) is 5.75. The molecule has 2 aromatic rings. The summed E-state index contributed by atoms with van der Waals surface area (Å²) in [5.41, 5.74) is 2.76. The largest absolute Gasteiger partial charge is 0.445 e.